The fourth-order valence-electron chi connectivity index (χ4n) is 1.50. The van der Waals surface area contributed by atoms with Crippen LogP contribution in [0.5, 0.6) is 0 Å². The van der Waals surface area contributed by atoms with Gasteiger partial charge in [-0.15, -0.1) is 11.3 Å². The summed E-state index contributed by atoms with van der Waals surface area (Å²) in [4.78, 5) is 16.3. The highest BCUT2D eigenvalue weighted by Crippen LogP contribution is 2.20. The van der Waals surface area contributed by atoms with Gasteiger partial charge < -0.3 is 5.73 Å². The van der Waals surface area contributed by atoms with Gasteiger partial charge in [-0.1, -0.05) is 11.6 Å². The lowest BCUT2D eigenvalue weighted by atomic mass is 10.1. The summed E-state index contributed by atoms with van der Waals surface area (Å²) in [6, 6.07) is 4.90. The molecular weight excluding hydrogens is 256 g/mol. The second-order valence-electron chi connectivity index (χ2n) is 3.71. The number of rotatable bonds is 3. The lowest BCUT2D eigenvalue weighted by molar-refractivity contribution is 0.0994. The molecule has 0 unspecified atom stereocenters. The molecule has 0 aliphatic rings. The average Bonchev–Trinajstić information content (AvgIpc) is 2.63. The van der Waals surface area contributed by atoms with Crippen molar-refractivity contribution in [3.8, 4) is 0 Å². The lowest BCUT2D eigenvalue weighted by Crippen LogP contribution is -2.06. The Bertz CT molecular complexity index is 565. The zero-order chi connectivity index (χ0) is 12.4. The normalized spacial score (nSPS) is 10.5. The minimum atomic E-state index is -0.0338. The molecule has 0 radical (unpaired) electrons. The Hall–Kier alpha value is -1.39. The van der Waals surface area contributed by atoms with E-state index < -0.39 is 0 Å². The molecule has 0 saturated heterocycles. The molecule has 17 heavy (non-hydrogen) atoms. The van der Waals surface area contributed by atoms with Gasteiger partial charge in [-0.2, -0.15) is 0 Å². The first-order valence-electron chi connectivity index (χ1n) is 5.05. The van der Waals surface area contributed by atoms with Crippen LogP contribution < -0.4 is 5.73 Å². The predicted octanol–water partition coefficient (Wildman–Crippen LogP) is 3.11. The molecule has 0 spiro atoms. The third-order valence-electron chi connectivity index (χ3n) is 2.29. The number of anilines is 1. The molecular formula is C12H11ClN2OS. The van der Waals surface area contributed by atoms with Gasteiger partial charge >= 0.3 is 0 Å². The van der Waals surface area contributed by atoms with Crippen LogP contribution in [-0.2, 0) is 6.42 Å². The highest BCUT2D eigenvalue weighted by molar-refractivity contribution is 7.09. The number of halogens is 1. The van der Waals surface area contributed by atoms with Crippen molar-refractivity contribution in [3.63, 3.8) is 0 Å². The molecule has 0 aliphatic carbocycles. The van der Waals surface area contributed by atoms with Crippen LogP contribution in [0.25, 0.3) is 0 Å². The van der Waals surface area contributed by atoms with Crippen LogP contribution in [0.3, 0.4) is 0 Å². The molecule has 0 aliphatic heterocycles. The minimum Gasteiger partial charge on any atom is -0.398 e. The van der Waals surface area contributed by atoms with E-state index in [1.807, 2.05) is 12.3 Å². The Morgan fingerprint density at radius 2 is 2.29 bits per heavy atom. The van der Waals surface area contributed by atoms with Gasteiger partial charge in [0.05, 0.1) is 6.42 Å². The molecule has 0 atom stereocenters. The molecule has 1 aromatic carbocycles. The quantitative estimate of drug-likeness (QED) is 0.686. The number of carbonyl (C=O) groups is 1. The molecule has 0 saturated carbocycles. The summed E-state index contributed by atoms with van der Waals surface area (Å²) in [6.45, 7) is 1.90. The highest BCUT2D eigenvalue weighted by atomic mass is 35.5. The fourth-order valence-corrected chi connectivity index (χ4v) is 2.45. The van der Waals surface area contributed by atoms with Crippen molar-refractivity contribution in [1.82, 2.24) is 4.98 Å². The molecule has 0 bridgehead atoms. The minimum absolute atomic E-state index is 0.0338. The maximum Gasteiger partial charge on any atom is 0.171 e. The van der Waals surface area contributed by atoms with Crippen molar-refractivity contribution in [2.75, 3.05) is 5.73 Å². The zero-order valence-electron chi connectivity index (χ0n) is 9.24. The van der Waals surface area contributed by atoms with Gasteiger partial charge in [-0.3, -0.25) is 4.79 Å². The fraction of sp³-hybridized carbons (Fsp3) is 0.167. The average molecular weight is 267 g/mol. The second kappa shape index (κ2) is 4.85. The van der Waals surface area contributed by atoms with Crippen LogP contribution in [0.15, 0.2) is 23.6 Å². The number of hydrogen-bond donors (Lipinski definition) is 1. The smallest absolute Gasteiger partial charge is 0.171 e. The van der Waals surface area contributed by atoms with Crippen LogP contribution in [-0.4, -0.2) is 10.8 Å². The van der Waals surface area contributed by atoms with Crippen molar-refractivity contribution in [2.24, 2.45) is 0 Å². The number of nitrogen functional groups attached to an aromatic ring is 1. The van der Waals surface area contributed by atoms with Crippen LogP contribution in [0, 0.1) is 6.92 Å². The predicted molar refractivity (Wildman–Crippen MR) is 70.7 cm³/mol. The third-order valence-corrected chi connectivity index (χ3v) is 3.49. The first kappa shape index (κ1) is 12.1. The van der Waals surface area contributed by atoms with Gasteiger partial charge in [-0.25, -0.2) is 4.98 Å². The van der Waals surface area contributed by atoms with E-state index in [1.54, 1.807) is 18.2 Å². The summed E-state index contributed by atoms with van der Waals surface area (Å²) in [5.41, 5.74) is 7.61. The van der Waals surface area contributed by atoms with Crippen LogP contribution in [0.1, 0.15) is 21.1 Å². The van der Waals surface area contributed by atoms with E-state index in [1.165, 1.54) is 11.3 Å². The molecule has 88 valence electrons. The van der Waals surface area contributed by atoms with E-state index in [-0.39, 0.29) is 12.2 Å². The standard InChI is InChI=1S/C12H11ClN2OS/c1-7-6-17-12(15-7)5-11(16)9-3-2-8(13)4-10(9)14/h2-4,6H,5,14H2,1H3. The van der Waals surface area contributed by atoms with E-state index in [4.69, 9.17) is 17.3 Å². The first-order chi connectivity index (χ1) is 8.06. The van der Waals surface area contributed by atoms with Gasteiger partial charge in [0.15, 0.2) is 5.78 Å². The summed E-state index contributed by atoms with van der Waals surface area (Å²) in [5.74, 6) is -0.0338. The molecule has 3 nitrogen and oxygen atoms in total. The van der Waals surface area contributed by atoms with E-state index in [0.717, 1.165) is 10.7 Å². The van der Waals surface area contributed by atoms with Gasteiger partial charge in [0.25, 0.3) is 0 Å². The largest absolute Gasteiger partial charge is 0.398 e. The summed E-state index contributed by atoms with van der Waals surface area (Å²) < 4.78 is 0. The molecule has 2 rings (SSSR count). The van der Waals surface area contributed by atoms with Crippen LogP contribution in [0.4, 0.5) is 5.69 Å². The maximum absolute atomic E-state index is 12.0. The molecule has 1 aromatic heterocycles. The Balaban J connectivity index is 2.20. The van der Waals surface area contributed by atoms with Gasteiger partial charge in [0.1, 0.15) is 5.01 Å². The number of thiazole rings is 1. The summed E-state index contributed by atoms with van der Waals surface area (Å²) in [6.07, 6.45) is 0.282. The second-order valence-corrected chi connectivity index (χ2v) is 5.09. The summed E-state index contributed by atoms with van der Waals surface area (Å²) in [5, 5.41) is 3.26. The van der Waals surface area contributed by atoms with Crippen molar-refractivity contribution >= 4 is 34.4 Å². The van der Waals surface area contributed by atoms with Gasteiger partial charge in [-0.05, 0) is 25.1 Å². The van der Waals surface area contributed by atoms with Gasteiger partial charge in [0.2, 0.25) is 0 Å². The van der Waals surface area contributed by atoms with Crippen LogP contribution in [0.2, 0.25) is 5.02 Å². The number of aromatic nitrogens is 1. The van der Waals surface area contributed by atoms with Crippen molar-refractivity contribution in [1.29, 1.82) is 0 Å². The molecule has 2 N–H and O–H groups in total. The van der Waals surface area contributed by atoms with E-state index in [2.05, 4.69) is 4.98 Å². The SMILES string of the molecule is Cc1csc(CC(=O)c2ccc(Cl)cc2N)n1. The van der Waals surface area contributed by atoms with E-state index >= 15 is 0 Å². The maximum atomic E-state index is 12.0. The van der Waals surface area contributed by atoms with E-state index in [9.17, 15) is 4.79 Å². The summed E-state index contributed by atoms with van der Waals surface area (Å²) >= 11 is 7.27. The monoisotopic (exact) mass is 266 g/mol. The zero-order valence-corrected chi connectivity index (χ0v) is 10.8. The van der Waals surface area contributed by atoms with Crippen LogP contribution >= 0.6 is 22.9 Å². The number of benzene rings is 1. The Kier molecular flexibility index (Phi) is 3.45. The lowest BCUT2D eigenvalue weighted by Gasteiger charge is -2.03. The topological polar surface area (TPSA) is 56.0 Å². The molecule has 0 fully saturated rings. The Morgan fingerprint density at radius 1 is 1.53 bits per heavy atom. The number of nitrogens with zero attached hydrogens (tertiary/aromatic N) is 1. The number of carbonyl (C=O) groups excluding carboxylic acids is 1. The third kappa shape index (κ3) is 2.84. The number of nitrogens with two attached hydrogens (primary N) is 1. The highest BCUT2D eigenvalue weighted by Gasteiger charge is 2.12. The molecule has 1 heterocycles. The Labute approximate surface area is 108 Å². The number of ketones is 1. The number of hydrogen-bond acceptors (Lipinski definition) is 4. The van der Waals surface area contributed by atoms with Crippen molar-refractivity contribution < 1.29 is 4.79 Å². The van der Waals surface area contributed by atoms with Gasteiger partial charge in [0, 0.05) is 27.3 Å². The number of aryl methyl sites for hydroxylation is 1. The van der Waals surface area contributed by atoms with E-state index in [0.29, 0.717) is 16.3 Å². The Morgan fingerprint density at radius 3 is 2.88 bits per heavy atom. The molecule has 0 amide bonds. The molecule has 2 aromatic rings. The number of Topliss-reactive ketones (excluding diaryl/α,β-unsaturated/α-hetero) is 1. The summed E-state index contributed by atoms with van der Waals surface area (Å²) in [7, 11) is 0. The van der Waals surface area contributed by atoms with Crippen molar-refractivity contribution in [2.45, 2.75) is 13.3 Å². The van der Waals surface area contributed by atoms with Crippen molar-refractivity contribution in [3.05, 3.63) is 44.9 Å². The molecule has 5 heteroatoms. The first-order valence-corrected chi connectivity index (χ1v) is 6.31.